The molecule has 0 bridgehead atoms. The van der Waals surface area contributed by atoms with Crippen molar-refractivity contribution in [2.24, 2.45) is 0 Å². The third-order valence-electron chi connectivity index (χ3n) is 5.47. The molecule has 2 aromatic rings. The van der Waals surface area contributed by atoms with Crippen LogP contribution in [0.25, 0.3) is 0 Å². The van der Waals surface area contributed by atoms with E-state index in [9.17, 15) is 9.90 Å². The van der Waals surface area contributed by atoms with Crippen molar-refractivity contribution in [1.82, 2.24) is 0 Å². The number of methoxy groups -OCH3 is 2. The molecule has 4 rings (SSSR count). The van der Waals surface area contributed by atoms with Crippen molar-refractivity contribution in [2.45, 2.75) is 26.1 Å². The molecule has 0 saturated carbocycles. The first-order valence-electron chi connectivity index (χ1n) is 9.85. The highest BCUT2D eigenvalue weighted by molar-refractivity contribution is 5.97. The Morgan fingerprint density at radius 2 is 1.74 bits per heavy atom. The molecule has 2 aliphatic heterocycles. The van der Waals surface area contributed by atoms with Gasteiger partial charge in [-0.1, -0.05) is 12.1 Å². The van der Waals surface area contributed by atoms with E-state index >= 15 is 0 Å². The quantitative estimate of drug-likeness (QED) is 0.562. The molecule has 2 heterocycles. The molecule has 0 fully saturated rings. The van der Waals surface area contributed by atoms with Gasteiger partial charge in [-0.15, -0.1) is 0 Å². The molecular formula is C24H24O7. The summed E-state index contributed by atoms with van der Waals surface area (Å²) >= 11 is 0. The molecule has 7 heteroatoms. The van der Waals surface area contributed by atoms with Crippen LogP contribution in [0.1, 0.15) is 22.3 Å². The Morgan fingerprint density at radius 3 is 2.29 bits per heavy atom. The standard InChI is InChI=1S/C24H24O7/c1-14-11-16(12-15(2)22(14)28-4)13-19-21(20-9-10-29-31-20)23(25)30-24(19,26)17-5-7-18(27-3)8-6-17/h5-9,11-12,26H,10,13H2,1-4H3. The van der Waals surface area contributed by atoms with Gasteiger partial charge in [0.2, 0.25) is 0 Å². The Morgan fingerprint density at radius 1 is 1.06 bits per heavy atom. The monoisotopic (exact) mass is 424 g/mol. The zero-order chi connectivity index (χ0) is 22.2. The molecule has 2 aromatic carbocycles. The lowest BCUT2D eigenvalue weighted by Crippen LogP contribution is -2.29. The second-order valence-electron chi connectivity index (χ2n) is 7.49. The number of carbonyl (C=O) groups excluding carboxylic acids is 1. The van der Waals surface area contributed by atoms with Crippen molar-refractivity contribution in [3.8, 4) is 11.5 Å². The normalized spacial score (nSPS) is 20.4. The van der Waals surface area contributed by atoms with Crippen molar-refractivity contribution < 1.29 is 33.9 Å². The fraction of sp³-hybridized carbons (Fsp3) is 0.292. The Hall–Kier alpha value is -3.29. The summed E-state index contributed by atoms with van der Waals surface area (Å²) in [5.74, 6) is -0.956. The fourth-order valence-corrected chi connectivity index (χ4v) is 4.10. The molecular weight excluding hydrogens is 400 g/mol. The lowest BCUT2D eigenvalue weighted by Gasteiger charge is -2.26. The maximum absolute atomic E-state index is 12.8. The van der Waals surface area contributed by atoms with Gasteiger partial charge < -0.3 is 24.2 Å². The molecule has 1 atom stereocenters. The van der Waals surface area contributed by atoms with Crippen LogP contribution in [0.15, 0.2) is 59.4 Å². The molecule has 1 unspecified atom stereocenters. The number of rotatable bonds is 6. The number of aliphatic hydroxyl groups is 1. The minimum Gasteiger partial charge on any atom is -0.497 e. The van der Waals surface area contributed by atoms with Crippen molar-refractivity contribution in [3.05, 3.63) is 81.6 Å². The number of hydrogen-bond donors (Lipinski definition) is 1. The molecule has 7 nitrogen and oxygen atoms in total. The van der Waals surface area contributed by atoms with Gasteiger partial charge in [-0.05, 0) is 60.9 Å². The van der Waals surface area contributed by atoms with Gasteiger partial charge in [-0.3, -0.25) is 0 Å². The second-order valence-corrected chi connectivity index (χ2v) is 7.49. The van der Waals surface area contributed by atoms with E-state index in [-0.39, 0.29) is 24.4 Å². The summed E-state index contributed by atoms with van der Waals surface area (Å²) in [6, 6.07) is 10.7. The molecule has 0 radical (unpaired) electrons. The summed E-state index contributed by atoms with van der Waals surface area (Å²) in [7, 11) is 3.19. The van der Waals surface area contributed by atoms with Crippen LogP contribution in [0.3, 0.4) is 0 Å². The van der Waals surface area contributed by atoms with Gasteiger partial charge in [0.25, 0.3) is 5.79 Å². The van der Waals surface area contributed by atoms with Crippen LogP contribution < -0.4 is 9.47 Å². The maximum Gasteiger partial charge on any atom is 0.345 e. The fourth-order valence-electron chi connectivity index (χ4n) is 4.10. The molecule has 0 aliphatic carbocycles. The second kappa shape index (κ2) is 8.09. The van der Waals surface area contributed by atoms with Gasteiger partial charge in [0.15, 0.2) is 5.76 Å². The number of hydrogen-bond acceptors (Lipinski definition) is 7. The van der Waals surface area contributed by atoms with Crippen molar-refractivity contribution >= 4 is 5.97 Å². The van der Waals surface area contributed by atoms with Crippen LogP contribution in [-0.2, 0) is 31.5 Å². The van der Waals surface area contributed by atoms with Gasteiger partial charge >= 0.3 is 5.97 Å². The van der Waals surface area contributed by atoms with E-state index in [2.05, 4.69) is 0 Å². The van der Waals surface area contributed by atoms with E-state index < -0.39 is 11.8 Å². The Labute approximate surface area is 180 Å². The minimum absolute atomic E-state index is 0.168. The summed E-state index contributed by atoms with van der Waals surface area (Å²) in [5, 5.41) is 11.6. The first-order chi connectivity index (χ1) is 14.9. The third-order valence-corrected chi connectivity index (χ3v) is 5.47. The van der Waals surface area contributed by atoms with Crippen molar-refractivity contribution in [3.63, 3.8) is 0 Å². The van der Waals surface area contributed by atoms with Gasteiger partial charge in [-0.25, -0.2) is 4.79 Å². The van der Waals surface area contributed by atoms with E-state index in [0.29, 0.717) is 16.9 Å². The predicted molar refractivity (Wildman–Crippen MR) is 111 cm³/mol. The number of esters is 1. The zero-order valence-electron chi connectivity index (χ0n) is 17.9. The summed E-state index contributed by atoms with van der Waals surface area (Å²) in [6.45, 7) is 4.11. The van der Waals surface area contributed by atoms with Crippen LogP contribution in [0.5, 0.6) is 11.5 Å². The molecule has 0 saturated heterocycles. The SMILES string of the molecule is COc1ccc(C2(O)OC(=O)C(C3=CCOO3)=C2Cc2cc(C)c(OC)c(C)c2)cc1. The van der Waals surface area contributed by atoms with Gasteiger partial charge in [-0.2, -0.15) is 4.89 Å². The summed E-state index contributed by atoms with van der Waals surface area (Å²) in [5.41, 5.74) is 3.77. The van der Waals surface area contributed by atoms with E-state index in [4.69, 9.17) is 24.0 Å². The third kappa shape index (κ3) is 3.66. The first kappa shape index (κ1) is 21.0. The Bertz CT molecular complexity index is 1060. The average molecular weight is 424 g/mol. The van der Waals surface area contributed by atoms with Crippen LogP contribution in [0.4, 0.5) is 0 Å². The Kier molecular flexibility index (Phi) is 5.47. The van der Waals surface area contributed by atoms with E-state index in [1.165, 1.54) is 0 Å². The number of cyclic esters (lactones) is 1. The van der Waals surface area contributed by atoms with Crippen LogP contribution in [0.2, 0.25) is 0 Å². The number of carbonyl (C=O) groups is 1. The van der Waals surface area contributed by atoms with Crippen LogP contribution >= 0.6 is 0 Å². The van der Waals surface area contributed by atoms with E-state index in [0.717, 1.165) is 22.4 Å². The minimum atomic E-state index is -1.95. The van der Waals surface area contributed by atoms with Crippen molar-refractivity contribution in [2.75, 3.05) is 20.8 Å². The zero-order valence-corrected chi connectivity index (χ0v) is 17.9. The first-order valence-corrected chi connectivity index (χ1v) is 9.85. The van der Waals surface area contributed by atoms with Crippen LogP contribution in [-0.4, -0.2) is 31.9 Å². The molecule has 162 valence electrons. The highest BCUT2D eigenvalue weighted by atomic mass is 17.2. The van der Waals surface area contributed by atoms with Crippen LogP contribution in [0, 0.1) is 13.8 Å². The number of benzene rings is 2. The smallest absolute Gasteiger partial charge is 0.345 e. The summed E-state index contributed by atoms with van der Waals surface area (Å²) in [4.78, 5) is 23.0. The molecule has 0 aromatic heterocycles. The Balaban J connectivity index is 1.83. The topological polar surface area (TPSA) is 83.5 Å². The highest BCUT2D eigenvalue weighted by Gasteiger charge is 2.49. The average Bonchev–Trinajstić information content (AvgIpc) is 3.35. The van der Waals surface area contributed by atoms with Crippen molar-refractivity contribution in [1.29, 1.82) is 0 Å². The predicted octanol–water partition coefficient (Wildman–Crippen LogP) is 3.41. The lowest BCUT2D eigenvalue weighted by molar-refractivity contribution is -0.231. The largest absolute Gasteiger partial charge is 0.497 e. The molecule has 31 heavy (non-hydrogen) atoms. The molecule has 0 amide bonds. The lowest BCUT2D eigenvalue weighted by atomic mass is 9.88. The van der Waals surface area contributed by atoms with E-state index in [1.807, 2.05) is 26.0 Å². The number of aryl methyl sites for hydroxylation is 2. The molecule has 0 spiro atoms. The molecule has 2 aliphatic rings. The van der Waals surface area contributed by atoms with E-state index in [1.54, 1.807) is 44.6 Å². The summed E-state index contributed by atoms with van der Waals surface area (Å²) < 4.78 is 16.2. The van der Waals surface area contributed by atoms with Gasteiger partial charge in [0, 0.05) is 17.6 Å². The van der Waals surface area contributed by atoms with Gasteiger partial charge in [0.05, 0.1) is 14.2 Å². The number of ether oxygens (including phenoxy) is 3. The summed E-state index contributed by atoms with van der Waals surface area (Å²) in [6.07, 6.45) is 1.90. The highest BCUT2D eigenvalue weighted by Crippen LogP contribution is 2.44. The molecule has 1 N–H and O–H groups in total. The maximum atomic E-state index is 12.8. The van der Waals surface area contributed by atoms with Gasteiger partial charge in [0.1, 0.15) is 23.7 Å².